The van der Waals surface area contributed by atoms with Crippen LogP contribution in [0.1, 0.15) is 38.5 Å². The van der Waals surface area contributed by atoms with Gasteiger partial charge in [-0.05, 0) is 19.9 Å². The van der Waals surface area contributed by atoms with E-state index in [-0.39, 0.29) is 6.54 Å². The molecule has 0 saturated heterocycles. The Balaban J connectivity index is 2.23. The van der Waals surface area contributed by atoms with Crippen LogP contribution in [-0.2, 0) is 0 Å². The Morgan fingerprint density at radius 2 is 1.71 bits per heavy atom. The van der Waals surface area contributed by atoms with Gasteiger partial charge in [0, 0.05) is 12.6 Å². The van der Waals surface area contributed by atoms with Crippen molar-refractivity contribution >= 4 is 0 Å². The summed E-state index contributed by atoms with van der Waals surface area (Å²) in [7, 11) is 1.81. The van der Waals surface area contributed by atoms with Gasteiger partial charge < -0.3 is 4.90 Å². The van der Waals surface area contributed by atoms with Crippen LogP contribution in [0.4, 0.5) is 13.2 Å². The number of alkyl halides is 3. The molecule has 1 aliphatic rings. The lowest BCUT2D eigenvalue weighted by atomic mass is 9.94. The summed E-state index contributed by atoms with van der Waals surface area (Å²) in [5.41, 5.74) is 0. The van der Waals surface area contributed by atoms with Gasteiger partial charge in [0.25, 0.3) is 0 Å². The van der Waals surface area contributed by atoms with E-state index in [1.165, 1.54) is 19.3 Å². The Morgan fingerprint density at radius 3 is 2.21 bits per heavy atom. The third-order valence-corrected chi connectivity index (χ3v) is 2.95. The predicted molar refractivity (Wildman–Crippen MR) is 50.2 cm³/mol. The number of hydrogen-bond acceptors (Lipinski definition) is 1. The maximum Gasteiger partial charge on any atom is 0.390 e. The summed E-state index contributed by atoms with van der Waals surface area (Å²) in [5.74, 6) is 0. The highest BCUT2D eigenvalue weighted by molar-refractivity contribution is 4.73. The van der Waals surface area contributed by atoms with E-state index in [0.717, 1.165) is 12.8 Å². The second-order valence-electron chi connectivity index (χ2n) is 4.14. The quantitative estimate of drug-likeness (QED) is 0.690. The highest BCUT2D eigenvalue weighted by Crippen LogP contribution is 2.24. The van der Waals surface area contributed by atoms with Gasteiger partial charge in [0.15, 0.2) is 0 Å². The minimum absolute atomic E-state index is 0.147. The van der Waals surface area contributed by atoms with Crippen molar-refractivity contribution in [3.8, 4) is 0 Å². The standard InChI is InChI=1S/C10H18F3N/c1-14(8-7-10(11,12)13)9-5-3-2-4-6-9/h9H,2-8H2,1H3. The summed E-state index contributed by atoms with van der Waals surface area (Å²) in [6.45, 7) is 0.147. The summed E-state index contributed by atoms with van der Waals surface area (Å²) >= 11 is 0. The van der Waals surface area contributed by atoms with Gasteiger partial charge >= 0.3 is 6.18 Å². The molecule has 0 atom stereocenters. The lowest BCUT2D eigenvalue weighted by molar-refractivity contribution is -0.138. The van der Waals surface area contributed by atoms with Gasteiger partial charge in [0.1, 0.15) is 0 Å². The summed E-state index contributed by atoms with van der Waals surface area (Å²) in [5, 5.41) is 0. The van der Waals surface area contributed by atoms with Crippen molar-refractivity contribution in [1.29, 1.82) is 0 Å². The van der Waals surface area contributed by atoms with E-state index < -0.39 is 12.6 Å². The van der Waals surface area contributed by atoms with Crippen molar-refractivity contribution in [2.75, 3.05) is 13.6 Å². The number of halogens is 3. The van der Waals surface area contributed by atoms with Gasteiger partial charge in [-0.3, -0.25) is 0 Å². The zero-order valence-corrected chi connectivity index (χ0v) is 8.61. The van der Waals surface area contributed by atoms with E-state index in [0.29, 0.717) is 6.04 Å². The van der Waals surface area contributed by atoms with Crippen LogP contribution in [0.2, 0.25) is 0 Å². The summed E-state index contributed by atoms with van der Waals surface area (Å²) in [4.78, 5) is 1.87. The smallest absolute Gasteiger partial charge is 0.303 e. The molecule has 1 saturated carbocycles. The van der Waals surface area contributed by atoms with Crippen molar-refractivity contribution in [2.24, 2.45) is 0 Å². The number of nitrogens with zero attached hydrogens (tertiary/aromatic N) is 1. The van der Waals surface area contributed by atoms with Crippen molar-refractivity contribution in [3.05, 3.63) is 0 Å². The first-order valence-electron chi connectivity index (χ1n) is 5.26. The molecular formula is C10H18F3N. The molecule has 14 heavy (non-hydrogen) atoms. The van der Waals surface area contributed by atoms with Crippen LogP contribution in [0.15, 0.2) is 0 Å². The van der Waals surface area contributed by atoms with E-state index in [9.17, 15) is 13.2 Å². The first-order valence-corrected chi connectivity index (χ1v) is 5.26. The molecule has 1 fully saturated rings. The monoisotopic (exact) mass is 209 g/mol. The molecule has 0 amide bonds. The Kier molecular flexibility index (Phi) is 4.23. The number of hydrogen-bond donors (Lipinski definition) is 0. The van der Waals surface area contributed by atoms with Gasteiger partial charge in [-0.2, -0.15) is 13.2 Å². The van der Waals surface area contributed by atoms with E-state index in [4.69, 9.17) is 0 Å². The molecule has 0 aliphatic heterocycles. The summed E-state index contributed by atoms with van der Waals surface area (Å²) in [6.07, 6.45) is 1.01. The summed E-state index contributed by atoms with van der Waals surface area (Å²) in [6, 6.07) is 0.381. The molecule has 0 N–H and O–H groups in total. The molecule has 0 bridgehead atoms. The maximum atomic E-state index is 12.0. The van der Waals surface area contributed by atoms with Gasteiger partial charge in [-0.25, -0.2) is 0 Å². The molecular weight excluding hydrogens is 191 g/mol. The fourth-order valence-electron chi connectivity index (χ4n) is 2.01. The van der Waals surface area contributed by atoms with Crippen LogP contribution in [-0.4, -0.2) is 30.7 Å². The fraction of sp³-hybridized carbons (Fsp3) is 1.00. The minimum Gasteiger partial charge on any atom is -0.303 e. The van der Waals surface area contributed by atoms with Crippen molar-refractivity contribution < 1.29 is 13.2 Å². The van der Waals surface area contributed by atoms with Gasteiger partial charge in [0.2, 0.25) is 0 Å². The first-order chi connectivity index (χ1) is 6.49. The summed E-state index contributed by atoms with van der Waals surface area (Å²) < 4.78 is 35.9. The van der Waals surface area contributed by atoms with Gasteiger partial charge in [-0.1, -0.05) is 19.3 Å². The van der Waals surface area contributed by atoms with Crippen LogP contribution < -0.4 is 0 Å². The molecule has 1 nitrogen and oxygen atoms in total. The Hall–Kier alpha value is -0.250. The van der Waals surface area contributed by atoms with E-state index in [1.807, 2.05) is 11.9 Å². The Bertz CT molecular complexity index is 161. The zero-order chi connectivity index (χ0) is 10.6. The lowest BCUT2D eigenvalue weighted by Crippen LogP contribution is -2.35. The second-order valence-corrected chi connectivity index (χ2v) is 4.14. The van der Waals surface area contributed by atoms with Gasteiger partial charge in [0.05, 0.1) is 6.42 Å². The highest BCUT2D eigenvalue weighted by atomic mass is 19.4. The Morgan fingerprint density at radius 1 is 1.14 bits per heavy atom. The van der Waals surface area contributed by atoms with E-state index >= 15 is 0 Å². The number of rotatable bonds is 3. The van der Waals surface area contributed by atoms with Crippen molar-refractivity contribution in [2.45, 2.75) is 50.7 Å². The predicted octanol–water partition coefficient (Wildman–Crippen LogP) is 3.20. The van der Waals surface area contributed by atoms with Gasteiger partial charge in [-0.15, -0.1) is 0 Å². The average molecular weight is 209 g/mol. The normalized spacial score (nSPS) is 20.4. The fourth-order valence-corrected chi connectivity index (χ4v) is 2.01. The van der Waals surface area contributed by atoms with Crippen LogP contribution in [0.5, 0.6) is 0 Å². The van der Waals surface area contributed by atoms with E-state index in [2.05, 4.69) is 0 Å². The molecule has 0 heterocycles. The molecule has 1 rings (SSSR count). The Labute approximate surface area is 83.3 Å². The first kappa shape index (κ1) is 11.8. The molecule has 0 aromatic rings. The zero-order valence-electron chi connectivity index (χ0n) is 8.61. The molecule has 84 valence electrons. The SMILES string of the molecule is CN(CCC(F)(F)F)C1CCCCC1. The van der Waals surface area contributed by atoms with Crippen LogP contribution >= 0.6 is 0 Å². The molecule has 0 aromatic heterocycles. The van der Waals surface area contributed by atoms with Crippen LogP contribution in [0.3, 0.4) is 0 Å². The second kappa shape index (κ2) is 5.01. The average Bonchev–Trinajstić information content (AvgIpc) is 2.14. The highest BCUT2D eigenvalue weighted by Gasteiger charge is 2.28. The molecule has 4 heteroatoms. The lowest BCUT2D eigenvalue weighted by Gasteiger charge is -2.31. The topological polar surface area (TPSA) is 3.24 Å². The molecule has 0 aromatic carbocycles. The molecule has 1 aliphatic carbocycles. The van der Waals surface area contributed by atoms with Crippen molar-refractivity contribution in [1.82, 2.24) is 4.90 Å². The third-order valence-electron chi connectivity index (χ3n) is 2.95. The molecule has 0 radical (unpaired) electrons. The molecule has 0 spiro atoms. The largest absolute Gasteiger partial charge is 0.390 e. The van der Waals surface area contributed by atoms with Crippen molar-refractivity contribution in [3.63, 3.8) is 0 Å². The minimum atomic E-state index is -4.01. The maximum absolute atomic E-state index is 12.0. The van der Waals surface area contributed by atoms with E-state index in [1.54, 1.807) is 0 Å². The third kappa shape index (κ3) is 4.31. The van der Waals surface area contributed by atoms with Crippen LogP contribution in [0.25, 0.3) is 0 Å². The van der Waals surface area contributed by atoms with Crippen LogP contribution in [0, 0.1) is 0 Å². The molecule has 0 unspecified atom stereocenters.